The van der Waals surface area contributed by atoms with E-state index in [1.165, 1.54) is 6.07 Å². The molecule has 0 N–H and O–H groups in total. The monoisotopic (exact) mass is 314 g/mol. The van der Waals surface area contributed by atoms with E-state index in [1.54, 1.807) is 6.07 Å². The van der Waals surface area contributed by atoms with Crippen LogP contribution in [0, 0.1) is 12.7 Å². The first-order valence-corrected chi connectivity index (χ1v) is 6.74. The van der Waals surface area contributed by atoms with Gasteiger partial charge in [0.15, 0.2) is 0 Å². The third-order valence-electron chi connectivity index (χ3n) is 3.79. The van der Waals surface area contributed by atoms with Crippen molar-refractivity contribution >= 4 is 28.5 Å². The SMILES string of the molecule is Cc1cc(F)c(B2OC(C)(C)C(C)(C)O2)cc1Br. The lowest BCUT2D eigenvalue weighted by molar-refractivity contribution is 0.00578. The van der Waals surface area contributed by atoms with E-state index in [1.807, 2.05) is 34.6 Å². The Labute approximate surface area is 116 Å². The third-order valence-corrected chi connectivity index (χ3v) is 4.64. The van der Waals surface area contributed by atoms with Gasteiger partial charge in [-0.15, -0.1) is 0 Å². The average Bonchev–Trinajstić information content (AvgIpc) is 2.42. The Morgan fingerprint density at radius 1 is 1.11 bits per heavy atom. The van der Waals surface area contributed by atoms with E-state index in [0.717, 1.165) is 10.0 Å². The minimum atomic E-state index is -0.660. The van der Waals surface area contributed by atoms with Crippen LogP contribution in [-0.4, -0.2) is 18.3 Å². The molecule has 0 bridgehead atoms. The predicted molar refractivity (Wildman–Crippen MR) is 74.6 cm³/mol. The second-order valence-corrected chi connectivity index (χ2v) is 6.57. The van der Waals surface area contributed by atoms with Gasteiger partial charge in [0.1, 0.15) is 5.82 Å². The van der Waals surface area contributed by atoms with Gasteiger partial charge in [0.25, 0.3) is 0 Å². The molecule has 0 amide bonds. The summed E-state index contributed by atoms with van der Waals surface area (Å²) in [5, 5.41) is 0. The molecular formula is C13H17BBrFO2. The first-order chi connectivity index (χ1) is 8.14. The van der Waals surface area contributed by atoms with Gasteiger partial charge in [0.05, 0.1) is 11.2 Å². The van der Waals surface area contributed by atoms with Crippen LogP contribution in [0.3, 0.4) is 0 Å². The van der Waals surface area contributed by atoms with Crippen molar-refractivity contribution in [2.75, 3.05) is 0 Å². The summed E-state index contributed by atoms with van der Waals surface area (Å²) in [5.41, 5.74) is 0.377. The van der Waals surface area contributed by atoms with Crippen LogP contribution < -0.4 is 5.46 Å². The van der Waals surface area contributed by atoms with E-state index in [9.17, 15) is 4.39 Å². The van der Waals surface area contributed by atoms with Crippen molar-refractivity contribution in [3.63, 3.8) is 0 Å². The Balaban J connectivity index is 2.38. The maximum absolute atomic E-state index is 14.0. The van der Waals surface area contributed by atoms with Gasteiger partial charge in [-0.2, -0.15) is 0 Å². The van der Waals surface area contributed by atoms with Crippen LogP contribution in [0.1, 0.15) is 33.3 Å². The molecule has 1 aromatic rings. The molecular weight excluding hydrogens is 298 g/mol. The van der Waals surface area contributed by atoms with Gasteiger partial charge in [0, 0.05) is 9.94 Å². The molecule has 1 aliphatic rings. The fraction of sp³-hybridized carbons (Fsp3) is 0.538. The quantitative estimate of drug-likeness (QED) is 0.741. The summed E-state index contributed by atoms with van der Waals surface area (Å²) in [4.78, 5) is 0. The van der Waals surface area contributed by atoms with Crippen molar-refractivity contribution in [1.29, 1.82) is 0 Å². The average molecular weight is 315 g/mol. The maximum Gasteiger partial charge on any atom is 0.497 e. The highest BCUT2D eigenvalue weighted by Gasteiger charge is 2.52. The highest BCUT2D eigenvalue weighted by molar-refractivity contribution is 9.10. The highest BCUT2D eigenvalue weighted by Crippen LogP contribution is 2.36. The first kappa shape index (κ1) is 14.0. The zero-order chi connectivity index (χ0) is 13.7. The standard InChI is InChI=1S/C13H17BBrFO2/c1-8-6-11(16)9(7-10(8)15)14-17-12(2,3)13(4,5)18-14/h6-7H,1-5H3. The molecule has 1 aromatic carbocycles. The lowest BCUT2D eigenvalue weighted by Gasteiger charge is -2.32. The second kappa shape index (κ2) is 4.32. The van der Waals surface area contributed by atoms with Crippen LogP contribution in [0.5, 0.6) is 0 Å². The van der Waals surface area contributed by atoms with E-state index in [0.29, 0.717) is 5.46 Å². The third kappa shape index (κ3) is 2.24. The molecule has 1 saturated heterocycles. The summed E-state index contributed by atoms with van der Waals surface area (Å²) >= 11 is 3.41. The van der Waals surface area contributed by atoms with E-state index < -0.39 is 18.3 Å². The van der Waals surface area contributed by atoms with Crippen molar-refractivity contribution in [3.8, 4) is 0 Å². The Morgan fingerprint density at radius 3 is 2.11 bits per heavy atom. The number of hydrogen-bond donors (Lipinski definition) is 0. The normalized spacial score (nSPS) is 21.4. The number of aryl methyl sites for hydroxylation is 1. The summed E-state index contributed by atoms with van der Waals surface area (Å²) < 4.78 is 26.5. The molecule has 0 spiro atoms. The van der Waals surface area contributed by atoms with Crippen molar-refractivity contribution in [1.82, 2.24) is 0 Å². The minimum Gasteiger partial charge on any atom is -0.399 e. The Bertz CT molecular complexity index is 472. The molecule has 18 heavy (non-hydrogen) atoms. The largest absolute Gasteiger partial charge is 0.497 e. The van der Waals surface area contributed by atoms with Crippen LogP contribution in [0.4, 0.5) is 4.39 Å². The van der Waals surface area contributed by atoms with Crippen molar-refractivity contribution in [2.24, 2.45) is 0 Å². The minimum absolute atomic E-state index is 0.297. The van der Waals surface area contributed by atoms with Gasteiger partial charge >= 0.3 is 7.12 Å². The summed E-state index contributed by atoms with van der Waals surface area (Å²) in [7, 11) is -0.660. The van der Waals surface area contributed by atoms with Crippen LogP contribution in [0.2, 0.25) is 0 Å². The number of hydrogen-bond acceptors (Lipinski definition) is 2. The molecule has 1 heterocycles. The first-order valence-electron chi connectivity index (χ1n) is 5.95. The smallest absolute Gasteiger partial charge is 0.399 e. The molecule has 0 radical (unpaired) electrons. The van der Waals surface area contributed by atoms with Gasteiger partial charge < -0.3 is 9.31 Å². The molecule has 0 unspecified atom stereocenters. The second-order valence-electron chi connectivity index (χ2n) is 5.71. The molecule has 5 heteroatoms. The zero-order valence-electron chi connectivity index (χ0n) is 11.3. The fourth-order valence-electron chi connectivity index (χ4n) is 1.81. The summed E-state index contributed by atoms with van der Waals surface area (Å²) in [5.74, 6) is -0.297. The molecule has 0 aromatic heterocycles. The molecule has 98 valence electrons. The van der Waals surface area contributed by atoms with Gasteiger partial charge in [-0.1, -0.05) is 15.9 Å². The lowest BCUT2D eigenvalue weighted by atomic mass is 9.78. The van der Waals surface area contributed by atoms with Crippen molar-refractivity contribution < 1.29 is 13.7 Å². The fourth-order valence-corrected chi connectivity index (χ4v) is 2.17. The number of halogens is 2. The van der Waals surface area contributed by atoms with Crippen LogP contribution in [0.25, 0.3) is 0 Å². The number of rotatable bonds is 1. The lowest BCUT2D eigenvalue weighted by Crippen LogP contribution is -2.41. The molecule has 2 nitrogen and oxygen atoms in total. The van der Waals surface area contributed by atoms with E-state index in [2.05, 4.69) is 15.9 Å². The molecule has 1 aliphatic heterocycles. The van der Waals surface area contributed by atoms with Crippen LogP contribution >= 0.6 is 15.9 Å². The molecule has 0 atom stereocenters. The summed E-state index contributed by atoms with van der Waals surface area (Å²) in [6.07, 6.45) is 0. The molecule has 1 fully saturated rings. The van der Waals surface area contributed by atoms with Crippen LogP contribution in [-0.2, 0) is 9.31 Å². The van der Waals surface area contributed by atoms with E-state index >= 15 is 0 Å². The van der Waals surface area contributed by atoms with Gasteiger partial charge in [-0.25, -0.2) is 4.39 Å². The van der Waals surface area contributed by atoms with Gasteiger partial charge in [-0.05, 0) is 52.3 Å². The Kier molecular flexibility index (Phi) is 3.37. The topological polar surface area (TPSA) is 18.5 Å². The predicted octanol–water partition coefficient (Wildman–Crippen LogP) is 3.20. The highest BCUT2D eigenvalue weighted by atomic mass is 79.9. The van der Waals surface area contributed by atoms with Crippen molar-refractivity contribution in [2.45, 2.75) is 45.8 Å². The van der Waals surface area contributed by atoms with Gasteiger partial charge in [0.2, 0.25) is 0 Å². The van der Waals surface area contributed by atoms with Crippen LogP contribution in [0.15, 0.2) is 16.6 Å². The van der Waals surface area contributed by atoms with E-state index in [-0.39, 0.29) is 5.82 Å². The summed E-state index contributed by atoms with van der Waals surface area (Å²) in [6.45, 7) is 9.66. The zero-order valence-corrected chi connectivity index (χ0v) is 12.9. The van der Waals surface area contributed by atoms with Crippen molar-refractivity contribution in [3.05, 3.63) is 28.0 Å². The Hall–Kier alpha value is -0.385. The number of benzene rings is 1. The maximum atomic E-state index is 14.0. The summed E-state index contributed by atoms with van der Waals surface area (Å²) in [6, 6.07) is 3.22. The Morgan fingerprint density at radius 2 is 1.61 bits per heavy atom. The van der Waals surface area contributed by atoms with Gasteiger partial charge in [-0.3, -0.25) is 0 Å². The molecule has 0 saturated carbocycles. The van der Waals surface area contributed by atoms with E-state index in [4.69, 9.17) is 9.31 Å². The molecule has 0 aliphatic carbocycles. The molecule has 2 rings (SSSR count).